The van der Waals surface area contributed by atoms with E-state index < -0.39 is 6.10 Å². The van der Waals surface area contributed by atoms with Crippen molar-refractivity contribution in [3.8, 4) is 17.2 Å². The average molecular weight is 462 g/mol. The van der Waals surface area contributed by atoms with Crippen molar-refractivity contribution in [2.45, 2.75) is 13.0 Å². The standard InChI is InChI=1S/C25H27N5O4/c1-18-15-23(30(27-18)19-7-3-2-4-8-19)26-24(31)16-28-11-13-29(14-12-28)25(32)22-17-33-20-9-5-6-10-21(20)34-22/h2-10,15,22H,11-14,16-17H2,1H3,(H,26,31)/t22-/m0/s1. The summed E-state index contributed by atoms with van der Waals surface area (Å²) < 4.78 is 13.3. The van der Waals surface area contributed by atoms with Gasteiger partial charge in [-0.1, -0.05) is 30.3 Å². The van der Waals surface area contributed by atoms with Gasteiger partial charge in [0.25, 0.3) is 5.91 Å². The van der Waals surface area contributed by atoms with Gasteiger partial charge in [-0.25, -0.2) is 4.68 Å². The molecule has 2 amide bonds. The molecule has 0 saturated carbocycles. The van der Waals surface area contributed by atoms with Crippen LogP contribution in [0.1, 0.15) is 5.69 Å². The van der Waals surface area contributed by atoms with E-state index in [-0.39, 0.29) is 25.0 Å². The van der Waals surface area contributed by atoms with Crippen LogP contribution in [0.3, 0.4) is 0 Å². The first-order valence-electron chi connectivity index (χ1n) is 11.4. The fraction of sp³-hybridized carbons (Fsp3) is 0.320. The number of carbonyl (C=O) groups excluding carboxylic acids is 2. The topological polar surface area (TPSA) is 88.9 Å². The average Bonchev–Trinajstić information content (AvgIpc) is 3.24. The van der Waals surface area contributed by atoms with Gasteiger partial charge in [0, 0.05) is 32.2 Å². The fourth-order valence-corrected chi connectivity index (χ4v) is 4.21. The van der Waals surface area contributed by atoms with E-state index in [0.29, 0.717) is 43.5 Å². The van der Waals surface area contributed by atoms with E-state index in [1.165, 1.54) is 0 Å². The van der Waals surface area contributed by atoms with E-state index in [9.17, 15) is 9.59 Å². The van der Waals surface area contributed by atoms with Crippen molar-refractivity contribution < 1.29 is 19.1 Å². The van der Waals surface area contributed by atoms with Crippen LogP contribution in [-0.4, -0.2) is 76.8 Å². The monoisotopic (exact) mass is 461 g/mol. The number of hydrogen-bond acceptors (Lipinski definition) is 6. The van der Waals surface area contributed by atoms with Gasteiger partial charge in [0.05, 0.1) is 17.9 Å². The predicted octanol–water partition coefficient (Wildman–Crippen LogP) is 2.10. The summed E-state index contributed by atoms with van der Waals surface area (Å²) in [4.78, 5) is 29.5. The van der Waals surface area contributed by atoms with Gasteiger partial charge in [-0.2, -0.15) is 5.10 Å². The number of benzene rings is 2. The van der Waals surface area contributed by atoms with Crippen molar-refractivity contribution in [1.29, 1.82) is 0 Å². The van der Waals surface area contributed by atoms with Crippen LogP contribution in [0.5, 0.6) is 11.5 Å². The van der Waals surface area contributed by atoms with Crippen molar-refractivity contribution in [2.75, 3.05) is 44.6 Å². The summed E-state index contributed by atoms with van der Waals surface area (Å²) in [5.41, 5.74) is 1.71. The Morgan fingerprint density at radius 3 is 2.47 bits per heavy atom. The van der Waals surface area contributed by atoms with Crippen molar-refractivity contribution in [2.24, 2.45) is 0 Å². The number of amides is 2. The molecule has 1 atom stereocenters. The second-order valence-electron chi connectivity index (χ2n) is 8.43. The number of nitrogens with zero attached hydrogens (tertiary/aromatic N) is 4. The highest BCUT2D eigenvalue weighted by molar-refractivity contribution is 5.91. The molecule has 3 aromatic rings. The lowest BCUT2D eigenvalue weighted by molar-refractivity contribution is -0.143. The van der Waals surface area contributed by atoms with Gasteiger partial charge >= 0.3 is 0 Å². The first-order valence-corrected chi connectivity index (χ1v) is 11.4. The summed E-state index contributed by atoms with van der Waals surface area (Å²) in [7, 11) is 0. The maximum Gasteiger partial charge on any atom is 0.267 e. The van der Waals surface area contributed by atoms with Crippen molar-refractivity contribution >= 4 is 17.6 Å². The highest BCUT2D eigenvalue weighted by Crippen LogP contribution is 2.31. The number of fused-ring (bicyclic) bond motifs is 1. The number of anilines is 1. The van der Waals surface area contributed by atoms with Gasteiger partial charge < -0.3 is 19.7 Å². The molecule has 2 aliphatic heterocycles. The summed E-state index contributed by atoms with van der Waals surface area (Å²) >= 11 is 0. The van der Waals surface area contributed by atoms with Crippen LogP contribution >= 0.6 is 0 Å². The second kappa shape index (κ2) is 9.56. The maximum atomic E-state index is 12.9. The zero-order chi connectivity index (χ0) is 23.5. The molecule has 0 aliphatic carbocycles. The second-order valence-corrected chi connectivity index (χ2v) is 8.43. The Bertz CT molecular complexity index is 1170. The normalized spacial score (nSPS) is 17.9. The fourth-order valence-electron chi connectivity index (χ4n) is 4.21. The van der Waals surface area contributed by atoms with Gasteiger partial charge in [0.1, 0.15) is 12.4 Å². The lowest BCUT2D eigenvalue weighted by Crippen LogP contribution is -2.54. The number of piperazine rings is 1. The highest BCUT2D eigenvalue weighted by atomic mass is 16.6. The largest absolute Gasteiger partial charge is 0.485 e. The van der Waals surface area contributed by atoms with Gasteiger partial charge in [0.15, 0.2) is 11.5 Å². The number of hydrogen-bond donors (Lipinski definition) is 1. The molecule has 5 rings (SSSR count). The molecule has 2 aliphatic rings. The lowest BCUT2D eigenvalue weighted by Gasteiger charge is -2.36. The first kappa shape index (κ1) is 22.0. The Balaban J connectivity index is 1.13. The number of carbonyl (C=O) groups is 2. The van der Waals surface area contributed by atoms with Crippen LogP contribution in [0.2, 0.25) is 0 Å². The Kier molecular flexibility index (Phi) is 6.18. The van der Waals surface area contributed by atoms with Crippen molar-refractivity contribution in [3.63, 3.8) is 0 Å². The summed E-state index contributed by atoms with van der Waals surface area (Å²) in [6.45, 7) is 4.64. The van der Waals surface area contributed by atoms with Crippen LogP contribution in [0.25, 0.3) is 5.69 Å². The molecule has 1 aromatic heterocycles. The van der Waals surface area contributed by atoms with Gasteiger partial charge in [-0.05, 0) is 31.2 Å². The molecule has 1 N–H and O–H groups in total. The molecule has 0 bridgehead atoms. The Morgan fingerprint density at radius 1 is 1.00 bits per heavy atom. The molecule has 34 heavy (non-hydrogen) atoms. The quantitative estimate of drug-likeness (QED) is 0.626. The number of para-hydroxylation sites is 3. The summed E-state index contributed by atoms with van der Waals surface area (Å²) in [6, 6.07) is 18.9. The maximum absolute atomic E-state index is 12.9. The number of nitrogens with one attached hydrogen (secondary N) is 1. The number of ether oxygens (including phenoxy) is 2. The number of aromatic nitrogens is 2. The smallest absolute Gasteiger partial charge is 0.267 e. The third-order valence-electron chi connectivity index (χ3n) is 5.93. The minimum absolute atomic E-state index is 0.0826. The number of aryl methyl sites for hydroxylation is 1. The highest BCUT2D eigenvalue weighted by Gasteiger charge is 2.33. The first-order chi connectivity index (χ1) is 16.6. The van der Waals surface area contributed by atoms with E-state index in [4.69, 9.17) is 9.47 Å². The summed E-state index contributed by atoms with van der Waals surface area (Å²) in [5.74, 6) is 1.69. The third kappa shape index (κ3) is 4.74. The molecule has 176 valence electrons. The van der Waals surface area contributed by atoms with Crippen LogP contribution < -0.4 is 14.8 Å². The minimum Gasteiger partial charge on any atom is -0.485 e. The van der Waals surface area contributed by atoms with Crippen LogP contribution in [0.4, 0.5) is 5.82 Å². The number of rotatable bonds is 5. The molecule has 1 saturated heterocycles. The molecule has 1 fully saturated rings. The zero-order valence-electron chi connectivity index (χ0n) is 19.0. The van der Waals surface area contributed by atoms with Crippen LogP contribution in [0, 0.1) is 6.92 Å². The molecule has 0 radical (unpaired) electrons. The summed E-state index contributed by atoms with van der Waals surface area (Å²) in [5, 5.41) is 7.47. The van der Waals surface area contributed by atoms with E-state index >= 15 is 0 Å². The lowest BCUT2D eigenvalue weighted by atomic mass is 10.2. The molecule has 0 unspecified atom stereocenters. The van der Waals surface area contributed by atoms with Gasteiger partial charge in [0.2, 0.25) is 12.0 Å². The van der Waals surface area contributed by atoms with Crippen LogP contribution in [0.15, 0.2) is 60.7 Å². The van der Waals surface area contributed by atoms with E-state index in [0.717, 1.165) is 11.4 Å². The predicted molar refractivity (Wildman–Crippen MR) is 126 cm³/mol. The molecule has 0 spiro atoms. The molecule has 9 nitrogen and oxygen atoms in total. The van der Waals surface area contributed by atoms with E-state index in [2.05, 4.69) is 10.4 Å². The Morgan fingerprint density at radius 2 is 1.71 bits per heavy atom. The van der Waals surface area contributed by atoms with Crippen LogP contribution in [-0.2, 0) is 9.59 Å². The van der Waals surface area contributed by atoms with Crippen molar-refractivity contribution in [3.05, 3.63) is 66.4 Å². The molecular formula is C25H27N5O4. The third-order valence-corrected chi connectivity index (χ3v) is 5.93. The van der Waals surface area contributed by atoms with E-state index in [1.54, 1.807) is 15.6 Å². The summed E-state index contributed by atoms with van der Waals surface area (Å²) in [6.07, 6.45) is -0.647. The molecule has 9 heteroatoms. The molecular weight excluding hydrogens is 434 g/mol. The minimum atomic E-state index is -0.647. The SMILES string of the molecule is Cc1cc(NC(=O)CN2CCN(C(=O)[C@@H]3COc4ccccc4O3)CC2)n(-c2ccccc2)n1. The van der Waals surface area contributed by atoms with E-state index in [1.807, 2.05) is 66.4 Å². The Labute approximate surface area is 197 Å². The van der Waals surface area contributed by atoms with Gasteiger partial charge in [-0.3, -0.25) is 14.5 Å². The zero-order valence-corrected chi connectivity index (χ0v) is 19.0. The Hall–Kier alpha value is -3.85. The van der Waals surface area contributed by atoms with Crippen molar-refractivity contribution in [1.82, 2.24) is 19.6 Å². The van der Waals surface area contributed by atoms with Gasteiger partial charge in [-0.15, -0.1) is 0 Å². The molecule has 2 aromatic carbocycles. The molecule has 3 heterocycles.